The van der Waals surface area contributed by atoms with Crippen molar-refractivity contribution < 1.29 is 0 Å². The van der Waals surface area contributed by atoms with Crippen molar-refractivity contribution in [1.82, 2.24) is 4.67 Å². The number of nitrogens with zero attached hydrogens (tertiary/aromatic N) is 1. The summed E-state index contributed by atoms with van der Waals surface area (Å²) in [6, 6.07) is 0. The van der Waals surface area contributed by atoms with Crippen molar-refractivity contribution in [3.8, 4) is 0 Å². The molecule has 0 aromatic rings. The molecule has 0 amide bonds. The standard InChI is InChI=1S/C11H26NP/c1-6-10-8-9-11(7-2)13(10,5)12(3)4/h10-11,13H,6-9H2,1-5H3/t10-,11-/m1/s1. The van der Waals surface area contributed by atoms with E-state index in [0.717, 1.165) is 11.3 Å². The molecule has 0 aromatic carbocycles. The van der Waals surface area contributed by atoms with E-state index in [9.17, 15) is 0 Å². The summed E-state index contributed by atoms with van der Waals surface area (Å²) in [6.07, 6.45) is 5.79. The van der Waals surface area contributed by atoms with Crippen molar-refractivity contribution in [1.29, 1.82) is 0 Å². The molecule has 0 spiro atoms. The molecule has 0 N–H and O–H groups in total. The third-order valence-corrected chi connectivity index (χ3v) is 11.1. The molecule has 0 aromatic heterocycles. The monoisotopic (exact) mass is 203 g/mol. The van der Waals surface area contributed by atoms with Gasteiger partial charge in [0.2, 0.25) is 0 Å². The molecule has 80 valence electrons. The van der Waals surface area contributed by atoms with E-state index in [0.29, 0.717) is 0 Å². The molecule has 0 radical (unpaired) electrons. The Balaban J connectivity index is 2.83. The maximum atomic E-state index is 2.60. The fourth-order valence-electron chi connectivity index (χ4n) is 3.29. The summed E-state index contributed by atoms with van der Waals surface area (Å²) < 4.78 is 2.60. The first kappa shape index (κ1) is 11.5. The molecule has 1 fully saturated rings. The molecule has 1 aliphatic heterocycles. The van der Waals surface area contributed by atoms with Gasteiger partial charge >= 0.3 is 83.7 Å². The minimum atomic E-state index is -1.09. The summed E-state index contributed by atoms with van der Waals surface area (Å²) in [5.74, 6) is 0. The van der Waals surface area contributed by atoms with Crippen molar-refractivity contribution in [2.45, 2.75) is 50.8 Å². The van der Waals surface area contributed by atoms with Gasteiger partial charge in [-0.25, -0.2) is 0 Å². The van der Waals surface area contributed by atoms with Gasteiger partial charge in [-0.3, -0.25) is 0 Å². The summed E-state index contributed by atoms with van der Waals surface area (Å²) in [6.45, 7) is 7.34. The van der Waals surface area contributed by atoms with Crippen LogP contribution >= 0.6 is 7.41 Å². The Labute approximate surface area is 84.3 Å². The summed E-state index contributed by atoms with van der Waals surface area (Å²) in [4.78, 5) is 0. The SMILES string of the molecule is CC[C@@H]1CC[C@@H](CC)[PH]1(C)N(C)C. The summed E-state index contributed by atoms with van der Waals surface area (Å²) in [5.41, 5.74) is 2.10. The van der Waals surface area contributed by atoms with Gasteiger partial charge in [-0.15, -0.1) is 0 Å². The quantitative estimate of drug-likeness (QED) is 0.637. The number of hydrogen-bond acceptors (Lipinski definition) is 1. The van der Waals surface area contributed by atoms with Gasteiger partial charge in [-0.1, -0.05) is 0 Å². The van der Waals surface area contributed by atoms with Crippen LogP contribution in [-0.4, -0.2) is 36.7 Å². The van der Waals surface area contributed by atoms with Crippen molar-refractivity contribution in [2.24, 2.45) is 0 Å². The summed E-state index contributed by atoms with van der Waals surface area (Å²) >= 11 is 0. The van der Waals surface area contributed by atoms with Crippen LogP contribution in [0.5, 0.6) is 0 Å². The average molecular weight is 203 g/mol. The van der Waals surface area contributed by atoms with E-state index in [1.807, 2.05) is 0 Å². The zero-order valence-electron chi connectivity index (χ0n) is 9.93. The van der Waals surface area contributed by atoms with Gasteiger partial charge in [0.15, 0.2) is 0 Å². The van der Waals surface area contributed by atoms with Crippen LogP contribution in [0, 0.1) is 0 Å². The molecule has 0 unspecified atom stereocenters. The third kappa shape index (κ3) is 1.78. The number of hydrogen-bond donors (Lipinski definition) is 0. The fraction of sp³-hybridized carbons (Fsp3) is 1.00. The maximum absolute atomic E-state index is 2.60. The molecule has 1 rings (SSSR count). The summed E-state index contributed by atoms with van der Waals surface area (Å²) in [7, 11) is 3.53. The number of rotatable bonds is 3. The first-order valence-electron chi connectivity index (χ1n) is 5.74. The molecule has 1 heterocycles. The van der Waals surface area contributed by atoms with E-state index in [1.165, 1.54) is 25.7 Å². The Kier molecular flexibility index (Phi) is 3.77. The minimum absolute atomic E-state index is 1.05. The predicted molar refractivity (Wildman–Crippen MR) is 65.3 cm³/mol. The third-order valence-electron chi connectivity index (χ3n) is 4.47. The first-order chi connectivity index (χ1) is 6.07. The van der Waals surface area contributed by atoms with Gasteiger partial charge in [-0.2, -0.15) is 0 Å². The van der Waals surface area contributed by atoms with Crippen molar-refractivity contribution >= 4 is 7.41 Å². The zero-order chi connectivity index (χ0) is 10.1. The van der Waals surface area contributed by atoms with Crippen LogP contribution in [0.25, 0.3) is 0 Å². The van der Waals surface area contributed by atoms with E-state index in [1.54, 1.807) is 0 Å². The Morgan fingerprint density at radius 2 is 1.46 bits per heavy atom. The Hall–Kier alpha value is 0.390. The van der Waals surface area contributed by atoms with Gasteiger partial charge in [0.05, 0.1) is 0 Å². The molecule has 1 saturated heterocycles. The second-order valence-electron chi connectivity index (χ2n) is 4.91. The molecule has 1 aliphatic rings. The molecular weight excluding hydrogens is 177 g/mol. The topological polar surface area (TPSA) is 3.24 Å². The molecule has 0 bridgehead atoms. The van der Waals surface area contributed by atoms with E-state index in [4.69, 9.17) is 0 Å². The Bertz CT molecular complexity index is 155. The van der Waals surface area contributed by atoms with E-state index < -0.39 is 7.41 Å². The molecule has 2 atom stereocenters. The molecule has 13 heavy (non-hydrogen) atoms. The second-order valence-corrected chi connectivity index (χ2v) is 9.89. The molecular formula is C11H26NP. The van der Waals surface area contributed by atoms with Gasteiger partial charge in [0.1, 0.15) is 0 Å². The van der Waals surface area contributed by atoms with E-state index in [-0.39, 0.29) is 0 Å². The predicted octanol–water partition coefficient (Wildman–Crippen LogP) is 3.19. The molecule has 1 nitrogen and oxygen atoms in total. The van der Waals surface area contributed by atoms with Crippen molar-refractivity contribution in [3.63, 3.8) is 0 Å². The normalized spacial score (nSPS) is 35.2. The first-order valence-corrected chi connectivity index (χ1v) is 8.34. The molecule has 0 saturated carbocycles. The van der Waals surface area contributed by atoms with Gasteiger partial charge < -0.3 is 0 Å². The van der Waals surface area contributed by atoms with Gasteiger partial charge in [-0.05, 0) is 0 Å². The van der Waals surface area contributed by atoms with Gasteiger partial charge in [0, 0.05) is 0 Å². The van der Waals surface area contributed by atoms with Crippen LogP contribution in [-0.2, 0) is 0 Å². The average Bonchev–Trinajstić information content (AvgIpc) is 2.43. The zero-order valence-corrected chi connectivity index (χ0v) is 10.9. The van der Waals surface area contributed by atoms with E-state index >= 15 is 0 Å². The van der Waals surface area contributed by atoms with Crippen LogP contribution in [0.15, 0.2) is 0 Å². The molecule has 2 heteroatoms. The van der Waals surface area contributed by atoms with E-state index in [2.05, 4.69) is 39.3 Å². The van der Waals surface area contributed by atoms with Crippen molar-refractivity contribution in [3.05, 3.63) is 0 Å². The van der Waals surface area contributed by atoms with Crippen LogP contribution in [0.4, 0.5) is 0 Å². The van der Waals surface area contributed by atoms with Crippen LogP contribution in [0.1, 0.15) is 39.5 Å². The van der Waals surface area contributed by atoms with Crippen LogP contribution in [0.3, 0.4) is 0 Å². The van der Waals surface area contributed by atoms with Crippen molar-refractivity contribution in [2.75, 3.05) is 20.8 Å². The molecule has 0 aliphatic carbocycles. The fourth-order valence-corrected chi connectivity index (χ4v) is 8.57. The Morgan fingerprint density at radius 1 is 1.08 bits per heavy atom. The second kappa shape index (κ2) is 4.28. The van der Waals surface area contributed by atoms with Crippen LogP contribution < -0.4 is 0 Å². The van der Waals surface area contributed by atoms with Crippen LogP contribution in [0.2, 0.25) is 0 Å². The Morgan fingerprint density at radius 3 is 1.69 bits per heavy atom. The van der Waals surface area contributed by atoms with Gasteiger partial charge in [0.25, 0.3) is 0 Å². The summed E-state index contributed by atoms with van der Waals surface area (Å²) in [5, 5.41) is 0.